The number of carbonyl (C=O) groups excluding carboxylic acids is 2. The summed E-state index contributed by atoms with van der Waals surface area (Å²) < 4.78 is 18.1. The van der Waals surface area contributed by atoms with Crippen LogP contribution in [0.5, 0.6) is 0 Å². The Bertz CT molecular complexity index is 894. The lowest BCUT2D eigenvalue weighted by Gasteiger charge is -2.44. The lowest BCUT2D eigenvalue weighted by Crippen LogP contribution is -3.00. The second-order valence-electron chi connectivity index (χ2n) is 9.29. The molecule has 0 aliphatic carbocycles. The number of hydrogen-bond acceptors (Lipinski definition) is 5. The van der Waals surface area contributed by atoms with Crippen molar-refractivity contribution in [3.05, 3.63) is 71.8 Å². The molecule has 0 aromatic heterocycles. The van der Waals surface area contributed by atoms with Crippen LogP contribution in [-0.2, 0) is 29.4 Å². The Hall–Kier alpha value is -2.22. The van der Waals surface area contributed by atoms with Crippen LogP contribution in [0, 0.1) is 0 Å². The summed E-state index contributed by atoms with van der Waals surface area (Å²) in [6, 6.07) is 19.5. The molecule has 178 valence electrons. The molecule has 3 atom stereocenters. The lowest BCUT2D eigenvalue weighted by atomic mass is 9.85. The van der Waals surface area contributed by atoms with E-state index in [-0.39, 0.29) is 29.7 Å². The first-order chi connectivity index (χ1) is 15.4. The van der Waals surface area contributed by atoms with Crippen LogP contribution < -0.4 is 17.0 Å². The third kappa shape index (κ3) is 4.86. The maximum atomic E-state index is 13.9. The zero-order valence-corrected chi connectivity index (χ0v) is 21.0. The highest BCUT2D eigenvalue weighted by Crippen LogP contribution is 2.42. The summed E-state index contributed by atoms with van der Waals surface area (Å²) in [6.07, 6.45) is 3.83. The fraction of sp³-hybridized carbons (Fsp3) is 0.462. The number of benzene rings is 2. The van der Waals surface area contributed by atoms with Gasteiger partial charge in [-0.25, -0.2) is 9.59 Å². The summed E-state index contributed by atoms with van der Waals surface area (Å²) in [4.78, 5) is 25.9. The fourth-order valence-electron chi connectivity index (χ4n) is 5.36. The maximum Gasteiger partial charge on any atom is 0.348 e. The van der Waals surface area contributed by atoms with E-state index in [1.165, 1.54) is 7.11 Å². The Morgan fingerprint density at radius 2 is 1.39 bits per heavy atom. The van der Waals surface area contributed by atoms with Gasteiger partial charge in [-0.05, 0) is 11.1 Å². The fourth-order valence-corrected chi connectivity index (χ4v) is 5.36. The van der Waals surface area contributed by atoms with Crippen molar-refractivity contribution in [3.63, 3.8) is 0 Å². The Morgan fingerprint density at radius 1 is 0.909 bits per heavy atom. The van der Waals surface area contributed by atoms with Crippen LogP contribution in [0.25, 0.3) is 0 Å². The number of ether oxygens (including phenoxy) is 3. The number of quaternary nitrogens is 1. The number of halogens is 1. The van der Waals surface area contributed by atoms with Crippen LogP contribution in [0.3, 0.4) is 0 Å². The molecule has 0 amide bonds. The molecule has 2 fully saturated rings. The van der Waals surface area contributed by atoms with E-state index >= 15 is 0 Å². The van der Waals surface area contributed by atoms with Crippen molar-refractivity contribution in [2.45, 2.75) is 49.5 Å². The van der Waals surface area contributed by atoms with Crippen molar-refractivity contribution in [3.8, 4) is 0 Å². The van der Waals surface area contributed by atoms with Gasteiger partial charge in [0.15, 0.2) is 0 Å². The van der Waals surface area contributed by atoms with Crippen molar-refractivity contribution in [1.82, 2.24) is 0 Å². The van der Waals surface area contributed by atoms with Gasteiger partial charge in [0.2, 0.25) is 5.60 Å². The minimum absolute atomic E-state index is 0. The van der Waals surface area contributed by atoms with E-state index in [0.717, 1.165) is 30.2 Å². The van der Waals surface area contributed by atoms with Crippen LogP contribution in [0.2, 0.25) is 0 Å². The minimum Gasteiger partial charge on any atom is -1.00 e. The maximum absolute atomic E-state index is 13.9. The van der Waals surface area contributed by atoms with Gasteiger partial charge in [-0.2, -0.15) is 0 Å². The first-order valence-electron chi connectivity index (χ1n) is 11.2. The highest BCUT2D eigenvalue weighted by Gasteiger charge is 2.52. The van der Waals surface area contributed by atoms with Gasteiger partial charge >= 0.3 is 11.9 Å². The first-order valence-corrected chi connectivity index (χ1v) is 11.2. The molecule has 0 saturated carbocycles. The molecule has 2 aromatic carbocycles. The number of fused-ring (bicyclic) bond motifs is 2. The Morgan fingerprint density at radius 3 is 1.85 bits per heavy atom. The molecule has 2 heterocycles. The number of piperidine rings is 1. The number of rotatable bonds is 7. The van der Waals surface area contributed by atoms with Crippen molar-refractivity contribution in [2.75, 3.05) is 27.8 Å². The van der Waals surface area contributed by atoms with Crippen LogP contribution >= 0.6 is 0 Å². The van der Waals surface area contributed by atoms with Gasteiger partial charge in [0, 0.05) is 25.7 Å². The zero-order chi connectivity index (χ0) is 22.8. The van der Waals surface area contributed by atoms with Gasteiger partial charge in [-0.1, -0.05) is 60.7 Å². The van der Waals surface area contributed by atoms with E-state index in [0.29, 0.717) is 23.2 Å². The quantitative estimate of drug-likeness (QED) is 0.394. The molecule has 2 saturated heterocycles. The smallest absolute Gasteiger partial charge is 0.348 e. The van der Waals surface area contributed by atoms with Gasteiger partial charge in [-0.15, -0.1) is 0 Å². The van der Waals surface area contributed by atoms with Crippen molar-refractivity contribution in [2.24, 2.45) is 0 Å². The molecular formula is C26H32BrNO5. The van der Waals surface area contributed by atoms with Crippen molar-refractivity contribution in [1.29, 1.82) is 0 Å². The van der Waals surface area contributed by atoms with E-state index in [2.05, 4.69) is 14.1 Å². The average molecular weight is 518 g/mol. The number of methoxy groups -OCH3 is 1. The summed E-state index contributed by atoms with van der Waals surface area (Å²) in [5.74, 6) is -1.04. The van der Waals surface area contributed by atoms with Crippen LogP contribution in [0.15, 0.2) is 60.7 Å². The highest BCUT2D eigenvalue weighted by molar-refractivity contribution is 5.86. The largest absolute Gasteiger partial charge is 1.00 e. The molecule has 0 radical (unpaired) electrons. The lowest BCUT2D eigenvalue weighted by molar-refractivity contribution is -0.931. The zero-order valence-electron chi connectivity index (χ0n) is 19.4. The van der Waals surface area contributed by atoms with Gasteiger partial charge in [0.25, 0.3) is 0 Å². The molecule has 2 bridgehead atoms. The van der Waals surface area contributed by atoms with E-state index in [1.54, 1.807) is 0 Å². The van der Waals surface area contributed by atoms with Crippen molar-refractivity contribution >= 4 is 11.9 Å². The number of hydrogen-bond donors (Lipinski definition) is 0. The van der Waals surface area contributed by atoms with Gasteiger partial charge in [0.1, 0.15) is 12.7 Å². The SMILES string of the molecule is COC(=O)COC(C(=O)O[C@@H]1C[C@H]2CC[C@@H](C1)[N+]2(C)C)(c1ccccc1)c1ccccc1.[Br-]. The van der Waals surface area contributed by atoms with Crippen LogP contribution in [0.4, 0.5) is 0 Å². The molecule has 33 heavy (non-hydrogen) atoms. The third-order valence-electron chi connectivity index (χ3n) is 7.34. The average Bonchev–Trinajstić information content (AvgIpc) is 2.96. The topological polar surface area (TPSA) is 61.8 Å². The Kier molecular flexibility index (Phi) is 7.98. The standard InChI is InChI=1S/C26H32NO5.BrH/c1-27(2)21-14-15-22(27)17-23(16-21)32-25(29)26(31-18-24(28)30-3,19-10-6-4-7-11-19)20-12-8-5-9-13-20;/h4-13,21-23H,14-18H2,1-3H3;1H/q+1;/p-1/t21-,22+,23-;. The van der Waals surface area contributed by atoms with E-state index in [9.17, 15) is 9.59 Å². The molecular weight excluding hydrogens is 486 g/mol. The second-order valence-corrected chi connectivity index (χ2v) is 9.29. The molecule has 0 spiro atoms. The van der Waals surface area contributed by atoms with Crippen molar-refractivity contribution < 1.29 is 45.3 Å². The molecule has 2 aliphatic rings. The number of esters is 2. The summed E-state index contributed by atoms with van der Waals surface area (Å²) in [5.41, 5.74) is -0.317. The van der Waals surface area contributed by atoms with Crippen LogP contribution in [-0.4, -0.2) is 62.4 Å². The number of carbonyl (C=O) groups is 2. The molecule has 7 heteroatoms. The second kappa shape index (κ2) is 10.4. The number of nitrogens with zero attached hydrogens (tertiary/aromatic N) is 1. The summed E-state index contributed by atoms with van der Waals surface area (Å²) >= 11 is 0. The van der Waals surface area contributed by atoms with Gasteiger partial charge in [-0.3, -0.25) is 0 Å². The predicted molar refractivity (Wildman–Crippen MR) is 120 cm³/mol. The van der Waals surface area contributed by atoms with E-state index in [4.69, 9.17) is 14.2 Å². The van der Waals surface area contributed by atoms with Gasteiger partial charge < -0.3 is 35.7 Å². The Labute approximate surface area is 206 Å². The Balaban J connectivity index is 0.00000306. The van der Waals surface area contributed by atoms with E-state index in [1.807, 2.05) is 60.7 Å². The first kappa shape index (κ1) is 25.4. The summed E-state index contributed by atoms with van der Waals surface area (Å²) in [6.45, 7) is -0.366. The summed E-state index contributed by atoms with van der Waals surface area (Å²) in [5, 5.41) is 0. The molecule has 6 nitrogen and oxygen atoms in total. The minimum atomic E-state index is -1.56. The molecule has 2 aliphatic heterocycles. The van der Waals surface area contributed by atoms with Gasteiger partial charge in [0.05, 0.1) is 33.3 Å². The normalized spacial score (nSPS) is 23.3. The highest BCUT2D eigenvalue weighted by atomic mass is 79.9. The van der Waals surface area contributed by atoms with Crippen LogP contribution in [0.1, 0.15) is 36.8 Å². The summed E-state index contributed by atoms with van der Waals surface area (Å²) in [7, 11) is 5.85. The molecule has 0 unspecified atom stereocenters. The van der Waals surface area contributed by atoms with E-state index < -0.39 is 17.5 Å². The molecule has 2 aromatic rings. The predicted octanol–water partition coefficient (Wildman–Crippen LogP) is 0.437. The third-order valence-corrected chi connectivity index (χ3v) is 7.34. The monoisotopic (exact) mass is 517 g/mol. The molecule has 4 rings (SSSR count). The molecule has 0 N–H and O–H groups in total.